The van der Waals surface area contributed by atoms with Crippen LogP contribution in [0.1, 0.15) is 59.1 Å². The van der Waals surface area contributed by atoms with Crippen molar-refractivity contribution in [2.24, 2.45) is 5.41 Å². The first-order valence-electron chi connectivity index (χ1n) is 7.97. The Bertz CT molecular complexity index is 441. The molecule has 0 aromatic heterocycles. The molecule has 0 radical (unpaired) electrons. The van der Waals surface area contributed by atoms with E-state index in [4.69, 9.17) is 9.47 Å². The van der Waals surface area contributed by atoms with Crippen molar-refractivity contribution in [3.05, 3.63) is 29.3 Å². The van der Waals surface area contributed by atoms with Gasteiger partial charge in [0.15, 0.2) is 0 Å². The van der Waals surface area contributed by atoms with E-state index < -0.39 is 0 Å². The van der Waals surface area contributed by atoms with Crippen LogP contribution < -0.4 is 4.74 Å². The Labute approximate surface area is 130 Å². The van der Waals surface area contributed by atoms with Crippen molar-refractivity contribution in [2.45, 2.75) is 60.3 Å². The molecule has 0 bridgehead atoms. The Hall–Kier alpha value is -1.02. The maximum absolute atomic E-state index is 5.73. The van der Waals surface area contributed by atoms with Gasteiger partial charge in [-0.15, -0.1) is 0 Å². The minimum atomic E-state index is 0.173. The van der Waals surface area contributed by atoms with E-state index in [-0.39, 0.29) is 5.41 Å². The molecule has 0 aliphatic carbocycles. The summed E-state index contributed by atoms with van der Waals surface area (Å²) >= 11 is 0. The van der Waals surface area contributed by atoms with Gasteiger partial charge in [0.25, 0.3) is 0 Å². The molecule has 0 N–H and O–H groups in total. The number of hydrogen-bond donors (Lipinski definition) is 0. The standard InChI is InChI=1S/C19H32O2/c1-8-20-11-12-21-16-9-10-17(15(2)13-16)19(6,7)14-18(3,4)5/h9-10,13H,8,11-12,14H2,1-7H3. The van der Waals surface area contributed by atoms with Crippen LogP contribution in [0.15, 0.2) is 18.2 Å². The number of hydrogen-bond acceptors (Lipinski definition) is 2. The second-order valence-electron chi connectivity index (χ2n) is 7.64. The molecule has 1 aromatic carbocycles. The van der Waals surface area contributed by atoms with Gasteiger partial charge in [-0.05, 0) is 54.4 Å². The number of aryl methyl sites for hydroxylation is 1. The van der Waals surface area contributed by atoms with Crippen LogP contribution in [-0.2, 0) is 10.2 Å². The van der Waals surface area contributed by atoms with Crippen molar-refractivity contribution >= 4 is 0 Å². The van der Waals surface area contributed by atoms with Crippen LogP contribution in [-0.4, -0.2) is 19.8 Å². The van der Waals surface area contributed by atoms with Crippen LogP contribution in [0.25, 0.3) is 0 Å². The molecule has 21 heavy (non-hydrogen) atoms. The van der Waals surface area contributed by atoms with E-state index in [1.807, 2.05) is 6.92 Å². The number of benzene rings is 1. The van der Waals surface area contributed by atoms with E-state index in [1.54, 1.807) is 0 Å². The third-order valence-electron chi connectivity index (χ3n) is 3.60. The van der Waals surface area contributed by atoms with Gasteiger partial charge in [-0.25, -0.2) is 0 Å². The molecular formula is C19H32O2. The average molecular weight is 292 g/mol. The van der Waals surface area contributed by atoms with Crippen LogP contribution in [0, 0.1) is 12.3 Å². The Kier molecular flexibility index (Phi) is 6.27. The van der Waals surface area contributed by atoms with Crippen LogP contribution in [0.4, 0.5) is 0 Å². The summed E-state index contributed by atoms with van der Waals surface area (Å²) in [6, 6.07) is 6.45. The van der Waals surface area contributed by atoms with E-state index in [0.717, 1.165) is 18.8 Å². The summed E-state index contributed by atoms with van der Waals surface area (Å²) in [5.41, 5.74) is 3.21. The molecule has 0 saturated carbocycles. The summed E-state index contributed by atoms with van der Waals surface area (Å²) < 4.78 is 11.0. The van der Waals surface area contributed by atoms with Gasteiger partial charge in [-0.3, -0.25) is 0 Å². The zero-order valence-corrected chi connectivity index (χ0v) is 14.9. The molecule has 2 nitrogen and oxygen atoms in total. The van der Waals surface area contributed by atoms with Gasteiger partial charge in [0, 0.05) is 6.61 Å². The van der Waals surface area contributed by atoms with Crippen molar-refractivity contribution in [2.75, 3.05) is 19.8 Å². The topological polar surface area (TPSA) is 18.5 Å². The van der Waals surface area contributed by atoms with Gasteiger partial charge in [-0.2, -0.15) is 0 Å². The van der Waals surface area contributed by atoms with E-state index >= 15 is 0 Å². The first-order chi connectivity index (χ1) is 9.65. The van der Waals surface area contributed by atoms with E-state index in [0.29, 0.717) is 18.6 Å². The molecule has 0 aliphatic rings. The molecule has 0 saturated heterocycles. The van der Waals surface area contributed by atoms with Crippen LogP contribution >= 0.6 is 0 Å². The summed E-state index contributed by atoms with van der Waals surface area (Å²) in [6.45, 7) is 17.7. The van der Waals surface area contributed by atoms with Crippen molar-refractivity contribution in [1.82, 2.24) is 0 Å². The number of ether oxygens (including phenoxy) is 2. The molecule has 120 valence electrons. The predicted octanol–water partition coefficient (Wildman–Crippen LogP) is 5.12. The number of rotatable bonds is 7. The third kappa shape index (κ3) is 6.09. The molecule has 0 fully saturated rings. The Morgan fingerprint density at radius 3 is 2.19 bits per heavy atom. The first-order valence-corrected chi connectivity index (χ1v) is 7.97. The van der Waals surface area contributed by atoms with Crippen LogP contribution in [0.3, 0.4) is 0 Å². The summed E-state index contributed by atoms with van der Waals surface area (Å²) in [5, 5.41) is 0. The van der Waals surface area contributed by atoms with Crippen molar-refractivity contribution in [1.29, 1.82) is 0 Å². The van der Waals surface area contributed by atoms with Crippen LogP contribution in [0.2, 0.25) is 0 Å². The average Bonchev–Trinajstić information content (AvgIpc) is 2.31. The van der Waals surface area contributed by atoms with Crippen molar-refractivity contribution in [3.63, 3.8) is 0 Å². The van der Waals surface area contributed by atoms with Crippen molar-refractivity contribution < 1.29 is 9.47 Å². The highest BCUT2D eigenvalue weighted by molar-refractivity contribution is 5.39. The molecule has 0 heterocycles. The largest absolute Gasteiger partial charge is 0.491 e. The monoisotopic (exact) mass is 292 g/mol. The highest BCUT2D eigenvalue weighted by Crippen LogP contribution is 2.38. The van der Waals surface area contributed by atoms with Crippen LogP contribution in [0.5, 0.6) is 5.75 Å². The zero-order chi connectivity index (χ0) is 16.1. The Balaban J connectivity index is 2.78. The lowest BCUT2D eigenvalue weighted by molar-refractivity contribution is 0.110. The quantitative estimate of drug-likeness (QED) is 0.649. The lowest BCUT2D eigenvalue weighted by Crippen LogP contribution is -2.25. The normalized spacial score (nSPS) is 12.5. The maximum Gasteiger partial charge on any atom is 0.119 e. The molecular weight excluding hydrogens is 260 g/mol. The Morgan fingerprint density at radius 1 is 1.00 bits per heavy atom. The first kappa shape index (κ1) is 18.0. The second-order valence-corrected chi connectivity index (χ2v) is 7.64. The fourth-order valence-corrected chi connectivity index (χ4v) is 3.27. The third-order valence-corrected chi connectivity index (χ3v) is 3.60. The molecule has 1 aromatic rings. The maximum atomic E-state index is 5.73. The lowest BCUT2D eigenvalue weighted by Gasteiger charge is -2.34. The molecule has 2 heteroatoms. The summed E-state index contributed by atoms with van der Waals surface area (Å²) in [7, 11) is 0. The smallest absolute Gasteiger partial charge is 0.119 e. The molecule has 1 rings (SSSR count). The fraction of sp³-hybridized carbons (Fsp3) is 0.684. The van der Waals surface area contributed by atoms with Gasteiger partial charge < -0.3 is 9.47 Å². The lowest BCUT2D eigenvalue weighted by atomic mass is 9.71. The summed E-state index contributed by atoms with van der Waals surface area (Å²) in [5.74, 6) is 0.933. The summed E-state index contributed by atoms with van der Waals surface area (Å²) in [4.78, 5) is 0. The molecule has 0 aliphatic heterocycles. The fourth-order valence-electron chi connectivity index (χ4n) is 3.27. The van der Waals surface area contributed by atoms with Gasteiger partial charge in [0.1, 0.15) is 12.4 Å². The van der Waals surface area contributed by atoms with Gasteiger partial charge in [0.2, 0.25) is 0 Å². The van der Waals surface area contributed by atoms with Gasteiger partial charge >= 0.3 is 0 Å². The van der Waals surface area contributed by atoms with E-state index in [1.165, 1.54) is 11.1 Å². The SMILES string of the molecule is CCOCCOc1ccc(C(C)(C)CC(C)(C)C)c(C)c1. The van der Waals surface area contributed by atoms with E-state index in [2.05, 4.69) is 59.7 Å². The van der Waals surface area contributed by atoms with Gasteiger partial charge in [0.05, 0.1) is 6.61 Å². The minimum Gasteiger partial charge on any atom is -0.491 e. The predicted molar refractivity (Wildman–Crippen MR) is 90.3 cm³/mol. The summed E-state index contributed by atoms with van der Waals surface area (Å²) in [6.07, 6.45) is 1.16. The van der Waals surface area contributed by atoms with Gasteiger partial charge in [-0.1, -0.05) is 40.7 Å². The molecule has 0 atom stereocenters. The van der Waals surface area contributed by atoms with E-state index in [9.17, 15) is 0 Å². The Morgan fingerprint density at radius 2 is 1.67 bits per heavy atom. The second kappa shape index (κ2) is 7.31. The molecule has 0 amide bonds. The minimum absolute atomic E-state index is 0.173. The molecule has 0 unspecified atom stereocenters. The highest BCUT2D eigenvalue weighted by Gasteiger charge is 2.28. The highest BCUT2D eigenvalue weighted by atomic mass is 16.5. The zero-order valence-electron chi connectivity index (χ0n) is 14.9. The van der Waals surface area contributed by atoms with Crippen molar-refractivity contribution in [3.8, 4) is 5.75 Å². The molecule has 0 spiro atoms.